The zero-order valence-corrected chi connectivity index (χ0v) is 14.3. The molecule has 1 aromatic carbocycles. The lowest BCUT2D eigenvalue weighted by Gasteiger charge is -2.21. The van der Waals surface area contributed by atoms with Gasteiger partial charge in [0.2, 0.25) is 0 Å². The van der Waals surface area contributed by atoms with Crippen LogP contribution >= 0.6 is 0 Å². The van der Waals surface area contributed by atoms with Crippen LogP contribution in [0.1, 0.15) is 38.1 Å². The van der Waals surface area contributed by atoms with Crippen LogP contribution in [-0.4, -0.2) is 34.5 Å². The van der Waals surface area contributed by atoms with Gasteiger partial charge in [0, 0.05) is 23.4 Å². The molecule has 10 heteroatoms. The largest absolute Gasteiger partial charge is 0.449 e. The number of carbonyl (C=O) groups excluding carboxylic acids is 3. The molecule has 25 heavy (non-hydrogen) atoms. The highest BCUT2D eigenvalue weighted by atomic mass is 16.6. The van der Waals surface area contributed by atoms with Crippen LogP contribution in [0.4, 0.5) is 16.2 Å². The molecule has 0 saturated carbocycles. The Morgan fingerprint density at radius 1 is 1.28 bits per heavy atom. The first-order chi connectivity index (χ1) is 11.4. The summed E-state index contributed by atoms with van der Waals surface area (Å²) in [5.41, 5.74) is 4.43. The maximum absolute atomic E-state index is 12.1. The van der Waals surface area contributed by atoms with Crippen LogP contribution in [0.2, 0.25) is 0 Å². The molecule has 0 saturated heterocycles. The number of nitrogens with two attached hydrogens (primary N) is 1. The van der Waals surface area contributed by atoms with Gasteiger partial charge >= 0.3 is 12.0 Å². The smallest absolute Gasteiger partial charge is 0.341 e. The Hall–Kier alpha value is -3.17. The molecule has 0 aromatic heterocycles. The second kappa shape index (κ2) is 7.60. The lowest BCUT2D eigenvalue weighted by Crippen LogP contribution is -2.50. The predicted molar refractivity (Wildman–Crippen MR) is 88.8 cm³/mol. The number of imide groups is 1. The summed E-state index contributed by atoms with van der Waals surface area (Å²) >= 11 is 0. The second-order valence-corrected chi connectivity index (χ2v) is 6.27. The number of hydrogen-bond acceptors (Lipinski definition) is 7. The molecule has 1 atom stereocenters. The van der Waals surface area contributed by atoms with E-state index in [0.717, 1.165) is 12.1 Å². The van der Waals surface area contributed by atoms with Crippen molar-refractivity contribution in [3.63, 3.8) is 0 Å². The number of ether oxygens (including phenoxy) is 1. The van der Waals surface area contributed by atoms with Crippen LogP contribution in [-0.2, 0) is 9.53 Å². The number of nitrogens with zero attached hydrogens (tertiary/aromatic N) is 1. The highest BCUT2D eigenvalue weighted by molar-refractivity contribution is 6.00. The highest BCUT2D eigenvalue weighted by Crippen LogP contribution is 2.20. The number of non-ortho nitro benzene ring substituents is 1. The fourth-order valence-corrected chi connectivity index (χ4v) is 1.70. The van der Waals surface area contributed by atoms with E-state index in [-0.39, 0.29) is 16.9 Å². The van der Waals surface area contributed by atoms with Gasteiger partial charge in [0.15, 0.2) is 6.10 Å². The zero-order chi connectivity index (χ0) is 19.4. The molecule has 0 spiro atoms. The minimum Gasteiger partial charge on any atom is -0.449 e. The number of esters is 1. The Morgan fingerprint density at radius 2 is 1.88 bits per heavy atom. The number of urea groups is 1. The van der Waals surface area contributed by atoms with Gasteiger partial charge in [-0.05, 0) is 33.8 Å². The minimum absolute atomic E-state index is 0.0336. The molecule has 0 bridgehead atoms. The Kier molecular flexibility index (Phi) is 6.04. The molecular weight excluding hydrogens is 332 g/mol. The van der Waals surface area contributed by atoms with E-state index < -0.39 is 34.5 Å². The van der Waals surface area contributed by atoms with Gasteiger partial charge in [-0.3, -0.25) is 20.2 Å². The molecule has 0 fully saturated rings. The molecule has 136 valence electrons. The predicted octanol–water partition coefficient (Wildman–Crippen LogP) is 1.35. The number of nitrogen functional groups attached to an aromatic ring is 1. The van der Waals surface area contributed by atoms with Crippen LogP contribution in [0.5, 0.6) is 0 Å². The van der Waals surface area contributed by atoms with E-state index in [4.69, 9.17) is 10.5 Å². The van der Waals surface area contributed by atoms with Gasteiger partial charge in [-0.25, -0.2) is 9.59 Å². The van der Waals surface area contributed by atoms with Crippen molar-refractivity contribution >= 4 is 29.3 Å². The fraction of sp³-hybridized carbons (Fsp3) is 0.400. The molecule has 0 heterocycles. The van der Waals surface area contributed by atoms with Crippen molar-refractivity contribution in [2.75, 3.05) is 5.73 Å². The van der Waals surface area contributed by atoms with E-state index in [1.807, 2.05) is 5.32 Å². The number of nitrogens with one attached hydrogen (secondary N) is 2. The molecule has 0 radical (unpaired) electrons. The normalized spacial score (nSPS) is 12.0. The first-order valence-electron chi connectivity index (χ1n) is 7.28. The lowest BCUT2D eigenvalue weighted by atomic mass is 10.1. The minimum atomic E-state index is -1.31. The van der Waals surface area contributed by atoms with Gasteiger partial charge < -0.3 is 15.8 Å². The summed E-state index contributed by atoms with van der Waals surface area (Å²) in [4.78, 5) is 45.6. The SMILES string of the molecule is C[C@@H](OC(=O)c1cc([N+](=O)[O-])ccc1N)C(=O)NC(=O)NC(C)(C)C. The van der Waals surface area contributed by atoms with Crippen molar-refractivity contribution in [1.29, 1.82) is 0 Å². The van der Waals surface area contributed by atoms with E-state index in [1.54, 1.807) is 20.8 Å². The van der Waals surface area contributed by atoms with Crippen LogP contribution < -0.4 is 16.4 Å². The molecule has 4 N–H and O–H groups in total. The third-order valence-corrected chi connectivity index (χ3v) is 2.85. The van der Waals surface area contributed by atoms with Crippen molar-refractivity contribution in [2.24, 2.45) is 0 Å². The summed E-state index contributed by atoms with van der Waals surface area (Å²) < 4.78 is 4.91. The summed E-state index contributed by atoms with van der Waals surface area (Å²) in [5, 5.41) is 15.3. The summed E-state index contributed by atoms with van der Waals surface area (Å²) in [5.74, 6) is -1.86. The maximum Gasteiger partial charge on any atom is 0.341 e. The first kappa shape index (κ1) is 19.9. The summed E-state index contributed by atoms with van der Waals surface area (Å²) in [6.45, 7) is 6.44. The molecular formula is C15H20N4O6. The summed E-state index contributed by atoms with van der Waals surface area (Å²) in [7, 11) is 0. The fourth-order valence-electron chi connectivity index (χ4n) is 1.70. The average molecular weight is 352 g/mol. The first-order valence-corrected chi connectivity index (χ1v) is 7.28. The lowest BCUT2D eigenvalue weighted by molar-refractivity contribution is -0.384. The standard InChI is InChI=1S/C15H20N4O6/c1-8(12(20)17-14(22)18-15(2,3)4)25-13(21)10-7-9(19(23)24)5-6-11(10)16/h5-8H,16H2,1-4H3,(H2,17,18,20,22)/t8-/m1/s1. The Balaban J connectivity index is 2.76. The van der Waals surface area contributed by atoms with Crippen LogP contribution in [0.3, 0.4) is 0 Å². The Labute approximate surface area is 143 Å². The summed E-state index contributed by atoms with van der Waals surface area (Å²) in [6.07, 6.45) is -1.31. The van der Waals surface area contributed by atoms with Crippen molar-refractivity contribution < 1.29 is 24.0 Å². The average Bonchev–Trinajstić information content (AvgIpc) is 2.44. The van der Waals surface area contributed by atoms with Gasteiger partial charge in [0.1, 0.15) is 0 Å². The number of nitro benzene ring substituents is 1. The molecule has 1 rings (SSSR count). The number of nitro groups is 1. The number of benzene rings is 1. The third-order valence-electron chi connectivity index (χ3n) is 2.85. The maximum atomic E-state index is 12.1. The second-order valence-electron chi connectivity index (χ2n) is 6.27. The van der Waals surface area contributed by atoms with Gasteiger partial charge in [-0.2, -0.15) is 0 Å². The van der Waals surface area contributed by atoms with E-state index in [9.17, 15) is 24.5 Å². The molecule has 0 aliphatic carbocycles. The van der Waals surface area contributed by atoms with Crippen molar-refractivity contribution in [2.45, 2.75) is 39.3 Å². The number of carbonyl (C=O) groups is 3. The molecule has 3 amide bonds. The van der Waals surface area contributed by atoms with Crippen LogP contribution in [0, 0.1) is 10.1 Å². The number of amides is 3. The van der Waals surface area contributed by atoms with Crippen LogP contribution in [0.25, 0.3) is 0 Å². The van der Waals surface area contributed by atoms with Crippen molar-refractivity contribution in [1.82, 2.24) is 10.6 Å². The summed E-state index contributed by atoms with van der Waals surface area (Å²) in [6, 6.07) is 2.54. The Bertz CT molecular complexity index is 710. The van der Waals surface area contributed by atoms with E-state index in [1.165, 1.54) is 13.0 Å². The topological polar surface area (TPSA) is 154 Å². The van der Waals surface area contributed by atoms with Crippen molar-refractivity contribution in [3.8, 4) is 0 Å². The molecule has 10 nitrogen and oxygen atoms in total. The quantitative estimate of drug-likeness (QED) is 0.320. The number of anilines is 1. The zero-order valence-electron chi connectivity index (χ0n) is 14.3. The Morgan fingerprint density at radius 3 is 2.40 bits per heavy atom. The third kappa shape index (κ3) is 6.09. The number of rotatable bonds is 4. The van der Waals surface area contributed by atoms with E-state index in [0.29, 0.717) is 0 Å². The molecule has 0 unspecified atom stereocenters. The number of hydrogen-bond donors (Lipinski definition) is 3. The van der Waals surface area contributed by atoms with Gasteiger partial charge in [-0.15, -0.1) is 0 Å². The molecule has 0 aliphatic rings. The van der Waals surface area contributed by atoms with Gasteiger partial charge in [0.25, 0.3) is 11.6 Å². The molecule has 1 aromatic rings. The highest BCUT2D eigenvalue weighted by Gasteiger charge is 2.24. The monoisotopic (exact) mass is 352 g/mol. The van der Waals surface area contributed by atoms with Crippen LogP contribution in [0.15, 0.2) is 18.2 Å². The van der Waals surface area contributed by atoms with E-state index in [2.05, 4.69) is 5.32 Å². The molecule has 0 aliphatic heterocycles. The van der Waals surface area contributed by atoms with Crippen molar-refractivity contribution in [3.05, 3.63) is 33.9 Å². The van der Waals surface area contributed by atoms with E-state index >= 15 is 0 Å². The van der Waals surface area contributed by atoms with Gasteiger partial charge in [-0.1, -0.05) is 0 Å². The van der Waals surface area contributed by atoms with Gasteiger partial charge in [0.05, 0.1) is 10.5 Å².